The van der Waals surface area contributed by atoms with E-state index in [1.807, 2.05) is 57.5 Å². The van der Waals surface area contributed by atoms with Crippen LogP contribution < -0.4 is 10.6 Å². The number of aliphatic hydroxyl groups is 1. The van der Waals surface area contributed by atoms with Gasteiger partial charge in [0.15, 0.2) is 0 Å². The number of aryl methyl sites for hydroxylation is 1. The molecule has 40 heavy (non-hydrogen) atoms. The van der Waals surface area contributed by atoms with Crippen molar-refractivity contribution in [3.63, 3.8) is 0 Å². The molecule has 3 amide bonds. The fourth-order valence-electron chi connectivity index (χ4n) is 4.40. The van der Waals surface area contributed by atoms with Crippen LogP contribution in [0.1, 0.15) is 38.4 Å². The number of carbonyl (C=O) groups is 3. The average molecular weight is 571 g/mol. The van der Waals surface area contributed by atoms with Gasteiger partial charge >= 0.3 is 0 Å². The molecule has 1 aliphatic rings. The summed E-state index contributed by atoms with van der Waals surface area (Å²) in [6.45, 7) is 8.04. The lowest BCUT2D eigenvalue weighted by Crippen LogP contribution is -2.58. The van der Waals surface area contributed by atoms with E-state index in [0.717, 1.165) is 21.7 Å². The lowest BCUT2D eigenvalue weighted by Gasteiger charge is -2.35. The molecule has 10 nitrogen and oxygen atoms in total. The summed E-state index contributed by atoms with van der Waals surface area (Å²) in [5, 5.41) is 16.0. The van der Waals surface area contributed by atoms with Gasteiger partial charge in [0.25, 0.3) is 0 Å². The highest BCUT2D eigenvalue weighted by atomic mass is 32.1. The van der Waals surface area contributed by atoms with Gasteiger partial charge in [0.2, 0.25) is 17.7 Å². The molecule has 3 N–H and O–H groups in total. The molecule has 1 fully saturated rings. The molecule has 2 heterocycles. The Kier molecular flexibility index (Phi) is 11.2. The number of aromatic nitrogens is 1. The first-order chi connectivity index (χ1) is 19.0. The minimum atomic E-state index is -0.926. The van der Waals surface area contributed by atoms with Crippen molar-refractivity contribution in [3.05, 3.63) is 41.0 Å². The summed E-state index contributed by atoms with van der Waals surface area (Å²) >= 11 is 1.58. The average Bonchev–Trinajstić information content (AvgIpc) is 3.52. The van der Waals surface area contributed by atoms with E-state index in [0.29, 0.717) is 0 Å². The number of rotatable bonds is 12. The van der Waals surface area contributed by atoms with E-state index in [4.69, 9.17) is 15.9 Å². The Balaban J connectivity index is 1.59. The predicted octanol–water partition coefficient (Wildman–Crippen LogP) is 1.89. The Hall–Kier alpha value is -3.30. The van der Waals surface area contributed by atoms with E-state index in [2.05, 4.69) is 21.5 Å². The van der Waals surface area contributed by atoms with Crippen molar-refractivity contribution in [2.24, 2.45) is 5.41 Å². The summed E-state index contributed by atoms with van der Waals surface area (Å²) in [5.41, 5.74) is 4.09. The number of nitrogens with zero attached hydrogens (tertiary/aromatic N) is 2. The molecular formula is C29H38N4O6S. The summed E-state index contributed by atoms with van der Waals surface area (Å²) in [5.74, 6) is 1.08. The first-order valence-corrected chi connectivity index (χ1v) is 14.0. The van der Waals surface area contributed by atoms with Crippen LogP contribution in [0.25, 0.3) is 10.4 Å². The van der Waals surface area contributed by atoms with Gasteiger partial charge in [-0.1, -0.05) is 51.0 Å². The maximum absolute atomic E-state index is 13.6. The Morgan fingerprint density at radius 2 is 1.93 bits per heavy atom. The van der Waals surface area contributed by atoms with E-state index in [1.165, 1.54) is 4.90 Å². The van der Waals surface area contributed by atoms with Gasteiger partial charge in [-0.3, -0.25) is 14.4 Å². The van der Waals surface area contributed by atoms with Crippen molar-refractivity contribution in [2.45, 2.75) is 58.8 Å². The summed E-state index contributed by atoms with van der Waals surface area (Å²) < 4.78 is 10.4. The number of thiazole rings is 1. The third-order valence-electron chi connectivity index (χ3n) is 6.50. The molecule has 2 aromatic rings. The number of nitrogens with one attached hydrogen (secondary N) is 2. The highest BCUT2D eigenvalue weighted by molar-refractivity contribution is 7.13. The zero-order valence-corrected chi connectivity index (χ0v) is 24.3. The van der Waals surface area contributed by atoms with E-state index < -0.39 is 35.4 Å². The summed E-state index contributed by atoms with van der Waals surface area (Å²) in [6, 6.07) is 6.08. The van der Waals surface area contributed by atoms with E-state index in [1.54, 1.807) is 11.3 Å². The van der Waals surface area contributed by atoms with Crippen LogP contribution in [0, 0.1) is 24.7 Å². The van der Waals surface area contributed by atoms with E-state index >= 15 is 0 Å². The Morgan fingerprint density at radius 3 is 2.55 bits per heavy atom. The van der Waals surface area contributed by atoms with Crippen molar-refractivity contribution in [3.8, 4) is 22.8 Å². The number of ether oxygens (including phenoxy) is 2. The molecule has 0 saturated carbocycles. The molecular weight excluding hydrogens is 532 g/mol. The normalized spacial score (nSPS) is 17.8. The SMILES string of the molecule is C#CCOCCOCC(=O)NC(C(=O)N1CC(O)CC1C(=O)NCc1ccc(-c2scnc2C)cc1)C(C)(C)C. The highest BCUT2D eigenvalue weighted by Gasteiger charge is 2.44. The predicted molar refractivity (Wildman–Crippen MR) is 152 cm³/mol. The molecule has 0 bridgehead atoms. The number of likely N-dealkylation sites (tertiary alicyclic amines) is 1. The number of terminal acetylenes is 1. The van der Waals surface area contributed by atoms with Gasteiger partial charge in [-0.2, -0.15) is 0 Å². The molecule has 0 aliphatic carbocycles. The lowest BCUT2D eigenvalue weighted by molar-refractivity contribution is -0.144. The lowest BCUT2D eigenvalue weighted by atomic mass is 9.85. The second kappa shape index (κ2) is 14.4. The number of aliphatic hydroxyl groups excluding tert-OH is 1. The van der Waals surface area contributed by atoms with Crippen LogP contribution in [0.15, 0.2) is 29.8 Å². The zero-order valence-electron chi connectivity index (χ0n) is 23.4. The van der Waals surface area contributed by atoms with Gasteiger partial charge in [0.1, 0.15) is 25.3 Å². The van der Waals surface area contributed by atoms with Gasteiger partial charge in [0, 0.05) is 19.5 Å². The van der Waals surface area contributed by atoms with Crippen molar-refractivity contribution in [1.82, 2.24) is 20.5 Å². The van der Waals surface area contributed by atoms with Crippen LogP contribution in [-0.4, -0.2) is 83.9 Å². The van der Waals surface area contributed by atoms with Gasteiger partial charge in [-0.15, -0.1) is 17.8 Å². The van der Waals surface area contributed by atoms with Crippen LogP contribution in [0.3, 0.4) is 0 Å². The number of β-amino-alcohol motifs (C(OH)–C–C–N with tert-alkyl or cyclic N) is 1. The maximum atomic E-state index is 13.6. The van der Waals surface area contributed by atoms with Gasteiger partial charge in [-0.05, 0) is 23.5 Å². The van der Waals surface area contributed by atoms with Crippen LogP contribution in [0.4, 0.5) is 0 Å². The molecule has 3 atom stereocenters. The van der Waals surface area contributed by atoms with Crippen LogP contribution in [0.5, 0.6) is 0 Å². The van der Waals surface area contributed by atoms with Crippen LogP contribution in [-0.2, 0) is 30.4 Å². The largest absolute Gasteiger partial charge is 0.391 e. The molecule has 1 aliphatic heterocycles. The molecule has 3 unspecified atom stereocenters. The molecule has 216 valence electrons. The molecule has 0 radical (unpaired) electrons. The van der Waals surface area contributed by atoms with Crippen LogP contribution >= 0.6 is 11.3 Å². The standard InChI is InChI=1S/C29H38N4O6S/c1-6-11-38-12-13-39-17-24(35)32-26(29(3,4)5)28(37)33-16-22(34)14-23(33)27(36)30-15-20-7-9-21(10-8-20)25-19(2)31-18-40-25/h1,7-10,18,22-23,26,34H,11-17H2,2-5H3,(H,30,36)(H,32,35). The molecule has 3 rings (SSSR count). The second-order valence-electron chi connectivity index (χ2n) is 10.8. The van der Waals surface area contributed by atoms with Crippen molar-refractivity contribution in [2.75, 3.05) is 33.0 Å². The third-order valence-corrected chi connectivity index (χ3v) is 7.48. The van der Waals surface area contributed by atoms with E-state index in [9.17, 15) is 19.5 Å². The van der Waals surface area contributed by atoms with E-state index in [-0.39, 0.29) is 51.8 Å². The highest BCUT2D eigenvalue weighted by Crippen LogP contribution is 2.28. The van der Waals surface area contributed by atoms with Crippen LogP contribution in [0.2, 0.25) is 0 Å². The van der Waals surface area contributed by atoms with Gasteiger partial charge in [0.05, 0.1) is 35.4 Å². The quantitative estimate of drug-likeness (QED) is 0.263. The molecule has 1 aromatic carbocycles. The second-order valence-corrected chi connectivity index (χ2v) is 11.6. The van der Waals surface area contributed by atoms with Crippen molar-refractivity contribution in [1.29, 1.82) is 0 Å². The smallest absolute Gasteiger partial charge is 0.246 e. The van der Waals surface area contributed by atoms with Gasteiger partial charge in [-0.25, -0.2) is 4.98 Å². The Bertz CT molecular complexity index is 1200. The summed E-state index contributed by atoms with van der Waals surface area (Å²) in [4.78, 5) is 46.1. The fourth-order valence-corrected chi connectivity index (χ4v) is 5.21. The molecule has 1 aromatic heterocycles. The topological polar surface area (TPSA) is 130 Å². The van der Waals surface area contributed by atoms with Gasteiger partial charge < -0.3 is 30.1 Å². The minimum Gasteiger partial charge on any atom is -0.391 e. The summed E-state index contributed by atoms with van der Waals surface area (Å²) in [7, 11) is 0. The first kappa shape index (κ1) is 31.2. The van der Waals surface area contributed by atoms with Crippen molar-refractivity contribution >= 4 is 29.1 Å². The molecule has 0 spiro atoms. The maximum Gasteiger partial charge on any atom is 0.246 e. The number of amides is 3. The fraction of sp³-hybridized carbons (Fsp3) is 0.517. The number of carbonyl (C=O) groups excluding carboxylic acids is 3. The minimum absolute atomic E-state index is 0.00524. The number of hydrogen-bond donors (Lipinski definition) is 3. The summed E-state index contributed by atoms with van der Waals surface area (Å²) in [6.07, 6.45) is 4.39. The Morgan fingerprint density at radius 1 is 1.23 bits per heavy atom. The molecule has 1 saturated heterocycles. The number of benzene rings is 1. The zero-order chi connectivity index (χ0) is 29.3. The molecule has 11 heteroatoms. The monoisotopic (exact) mass is 570 g/mol. The third kappa shape index (κ3) is 8.60. The number of hydrogen-bond acceptors (Lipinski definition) is 8. The first-order valence-electron chi connectivity index (χ1n) is 13.1. The van der Waals surface area contributed by atoms with Crippen molar-refractivity contribution < 1.29 is 29.0 Å². The Labute approximate surface area is 239 Å².